The lowest BCUT2D eigenvalue weighted by Crippen LogP contribution is -2.10. The lowest BCUT2D eigenvalue weighted by Gasteiger charge is -2.11. The van der Waals surface area contributed by atoms with E-state index in [4.69, 9.17) is 6.42 Å². The molecule has 0 saturated carbocycles. The van der Waals surface area contributed by atoms with E-state index in [0.29, 0.717) is 10.9 Å². The third-order valence-corrected chi connectivity index (χ3v) is 4.57. The summed E-state index contributed by atoms with van der Waals surface area (Å²) in [6, 6.07) is 20.1. The second-order valence-corrected chi connectivity index (χ2v) is 6.14. The number of terminal acetylenes is 1. The Bertz CT molecular complexity index is 1260. The highest BCUT2D eigenvalue weighted by Crippen LogP contribution is 2.36. The van der Waals surface area contributed by atoms with Crippen LogP contribution in [0.15, 0.2) is 71.5 Å². The van der Waals surface area contributed by atoms with Gasteiger partial charge in [-0.25, -0.2) is 0 Å². The van der Waals surface area contributed by atoms with Crippen LogP contribution in [0.1, 0.15) is 5.56 Å². The van der Waals surface area contributed by atoms with E-state index >= 15 is 0 Å². The number of pyridine rings is 1. The lowest BCUT2D eigenvalue weighted by atomic mass is 9.96. The van der Waals surface area contributed by atoms with Gasteiger partial charge >= 0.3 is 0 Å². The van der Waals surface area contributed by atoms with Gasteiger partial charge in [0, 0.05) is 10.9 Å². The van der Waals surface area contributed by atoms with Crippen molar-refractivity contribution in [1.82, 2.24) is 4.98 Å². The van der Waals surface area contributed by atoms with Crippen molar-refractivity contribution >= 4 is 10.9 Å². The van der Waals surface area contributed by atoms with E-state index in [1.54, 1.807) is 24.3 Å². The zero-order valence-corrected chi connectivity index (χ0v) is 14.2. The molecule has 3 N–H and O–H groups in total. The number of fused-ring (bicyclic) bond motifs is 1. The fourth-order valence-corrected chi connectivity index (χ4v) is 3.25. The van der Waals surface area contributed by atoms with E-state index in [1.807, 2.05) is 42.5 Å². The number of aromatic hydroxyl groups is 2. The van der Waals surface area contributed by atoms with Gasteiger partial charge in [-0.3, -0.25) is 4.79 Å². The third kappa shape index (κ3) is 2.72. The monoisotopic (exact) mass is 353 g/mol. The van der Waals surface area contributed by atoms with Gasteiger partial charge in [0.05, 0.1) is 5.52 Å². The summed E-state index contributed by atoms with van der Waals surface area (Å²) in [6.07, 6.45) is 5.38. The van der Waals surface area contributed by atoms with Gasteiger partial charge in [-0.05, 0) is 28.8 Å². The summed E-state index contributed by atoms with van der Waals surface area (Å²) in [5.74, 6) is 2.26. The van der Waals surface area contributed by atoms with Crippen molar-refractivity contribution < 1.29 is 10.2 Å². The van der Waals surface area contributed by atoms with E-state index in [9.17, 15) is 15.0 Å². The minimum atomic E-state index is -0.491. The van der Waals surface area contributed by atoms with Crippen LogP contribution in [0.2, 0.25) is 0 Å². The molecule has 0 bridgehead atoms. The molecular weight excluding hydrogens is 338 g/mol. The zero-order chi connectivity index (χ0) is 19.0. The average Bonchev–Trinajstić information content (AvgIpc) is 2.68. The predicted octanol–water partition coefficient (Wildman–Crippen LogP) is 4.25. The minimum Gasteiger partial charge on any atom is -0.507 e. The van der Waals surface area contributed by atoms with Gasteiger partial charge in [-0.1, -0.05) is 60.5 Å². The van der Waals surface area contributed by atoms with Crippen molar-refractivity contribution in [1.29, 1.82) is 0 Å². The van der Waals surface area contributed by atoms with Crippen LogP contribution in [0.25, 0.3) is 33.2 Å². The number of phenolic OH excluding ortho intramolecular Hbond substituents is 1. The molecule has 0 aliphatic carbocycles. The first-order valence-electron chi connectivity index (χ1n) is 8.33. The number of aromatic nitrogens is 1. The van der Waals surface area contributed by atoms with E-state index < -0.39 is 5.56 Å². The molecule has 4 aromatic rings. The number of H-pyrrole nitrogens is 1. The molecule has 4 rings (SSSR count). The molecule has 27 heavy (non-hydrogen) atoms. The number of phenols is 1. The number of benzene rings is 3. The summed E-state index contributed by atoms with van der Waals surface area (Å²) < 4.78 is 0. The highest BCUT2D eigenvalue weighted by molar-refractivity contribution is 6.00. The summed E-state index contributed by atoms with van der Waals surface area (Å²) in [5, 5.41) is 21.1. The maximum absolute atomic E-state index is 12.0. The molecular formula is C23H15NO3. The fraction of sp³-hybridized carbons (Fsp3) is 0. The van der Waals surface area contributed by atoms with E-state index in [1.165, 1.54) is 0 Å². The van der Waals surface area contributed by atoms with Crippen molar-refractivity contribution in [2.75, 3.05) is 0 Å². The minimum absolute atomic E-state index is 0.0826. The molecule has 3 aromatic carbocycles. The van der Waals surface area contributed by atoms with Crippen LogP contribution in [0, 0.1) is 12.3 Å². The highest BCUT2D eigenvalue weighted by Gasteiger charge is 2.14. The molecule has 1 aromatic heterocycles. The first-order valence-corrected chi connectivity index (χ1v) is 8.33. The van der Waals surface area contributed by atoms with E-state index in [2.05, 4.69) is 10.9 Å². The average molecular weight is 353 g/mol. The van der Waals surface area contributed by atoms with Gasteiger partial charge in [-0.15, -0.1) is 6.42 Å². The van der Waals surface area contributed by atoms with Gasteiger partial charge < -0.3 is 15.2 Å². The Balaban J connectivity index is 1.90. The van der Waals surface area contributed by atoms with Crippen molar-refractivity contribution in [2.45, 2.75) is 0 Å². The number of nitrogens with one attached hydrogen (secondary N) is 1. The van der Waals surface area contributed by atoms with Crippen LogP contribution in [-0.2, 0) is 0 Å². The van der Waals surface area contributed by atoms with Crippen LogP contribution in [0.3, 0.4) is 0 Å². The largest absolute Gasteiger partial charge is 0.507 e. The molecule has 4 heteroatoms. The van der Waals surface area contributed by atoms with Crippen LogP contribution < -0.4 is 5.56 Å². The normalized spacial score (nSPS) is 10.6. The summed E-state index contributed by atoms with van der Waals surface area (Å²) >= 11 is 0. The number of hydrogen-bond acceptors (Lipinski definition) is 3. The molecule has 0 atom stereocenters. The second-order valence-electron chi connectivity index (χ2n) is 6.14. The Morgan fingerprint density at radius 2 is 1.44 bits per heavy atom. The SMILES string of the molecule is C#Cc1c(O)c2c(-c3ccc(-c4ccccc4O)cc3)cccc2[nH]c1=O. The Morgan fingerprint density at radius 3 is 2.11 bits per heavy atom. The first kappa shape index (κ1) is 16.5. The standard InChI is InChI=1S/C23H15NO3/c1-2-16-22(26)21-18(7-5-8-19(21)24-23(16)27)15-12-10-14(11-13-15)17-6-3-4-9-20(17)25/h1,3-13,25H,(H2,24,26,27). The topological polar surface area (TPSA) is 73.3 Å². The summed E-state index contributed by atoms with van der Waals surface area (Å²) in [4.78, 5) is 14.7. The van der Waals surface area contributed by atoms with Gasteiger partial charge in [0.2, 0.25) is 0 Å². The fourth-order valence-electron chi connectivity index (χ4n) is 3.25. The summed E-state index contributed by atoms with van der Waals surface area (Å²) in [5.41, 5.74) is 3.16. The lowest BCUT2D eigenvalue weighted by molar-refractivity contribution is 0.477. The quantitative estimate of drug-likeness (QED) is 0.472. The van der Waals surface area contributed by atoms with Gasteiger partial charge in [0.25, 0.3) is 5.56 Å². The molecule has 0 aliphatic rings. The van der Waals surface area contributed by atoms with Crippen molar-refractivity contribution in [3.63, 3.8) is 0 Å². The highest BCUT2D eigenvalue weighted by atomic mass is 16.3. The van der Waals surface area contributed by atoms with Crippen LogP contribution >= 0.6 is 0 Å². The first-order chi connectivity index (χ1) is 13.1. The van der Waals surface area contributed by atoms with Crippen LogP contribution in [-0.4, -0.2) is 15.2 Å². The molecule has 0 fully saturated rings. The van der Waals surface area contributed by atoms with Gasteiger partial charge in [0.15, 0.2) is 0 Å². The number of hydrogen-bond donors (Lipinski definition) is 3. The van der Waals surface area contributed by atoms with Crippen LogP contribution in [0.5, 0.6) is 11.5 Å². The summed E-state index contributed by atoms with van der Waals surface area (Å²) in [7, 11) is 0. The number of para-hydroxylation sites is 1. The maximum Gasteiger partial charge on any atom is 0.267 e. The molecule has 0 aliphatic heterocycles. The van der Waals surface area contributed by atoms with Gasteiger partial charge in [0.1, 0.15) is 17.1 Å². The van der Waals surface area contributed by atoms with Crippen molar-refractivity contribution in [3.05, 3.63) is 82.6 Å². The van der Waals surface area contributed by atoms with E-state index in [-0.39, 0.29) is 17.1 Å². The summed E-state index contributed by atoms with van der Waals surface area (Å²) in [6.45, 7) is 0. The molecule has 0 saturated heterocycles. The Hall–Kier alpha value is -3.97. The zero-order valence-electron chi connectivity index (χ0n) is 14.2. The number of rotatable bonds is 2. The smallest absolute Gasteiger partial charge is 0.267 e. The molecule has 0 unspecified atom stereocenters. The predicted molar refractivity (Wildman–Crippen MR) is 107 cm³/mol. The molecule has 0 radical (unpaired) electrons. The molecule has 0 amide bonds. The van der Waals surface area contributed by atoms with E-state index in [0.717, 1.165) is 22.3 Å². The maximum atomic E-state index is 12.0. The number of aromatic amines is 1. The van der Waals surface area contributed by atoms with Crippen molar-refractivity contribution in [2.24, 2.45) is 0 Å². The van der Waals surface area contributed by atoms with Crippen LogP contribution in [0.4, 0.5) is 0 Å². The molecule has 1 heterocycles. The second kappa shape index (κ2) is 6.40. The molecule has 4 nitrogen and oxygen atoms in total. The van der Waals surface area contributed by atoms with Crippen molar-refractivity contribution in [3.8, 4) is 46.1 Å². The molecule has 130 valence electrons. The van der Waals surface area contributed by atoms with Gasteiger partial charge in [-0.2, -0.15) is 0 Å². The Labute approximate surface area is 155 Å². The molecule has 0 spiro atoms. The Morgan fingerprint density at radius 1 is 0.815 bits per heavy atom. The third-order valence-electron chi connectivity index (χ3n) is 4.57. The Kier molecular flexibility index (Phi) is 3.91.